The van der Waals surface area contributed by atoms with Gasteiger partial charge in [0, 0.05) is 12.5 Å². The molecule has 1 aliphatic heterocycles. The molecule has 1 aromatic heterocycles. The van der Waals surface area contributed by atoms with Crippen LogP contribution in [-0.2, 0) is 25.1 Å². The summed E-state index contributed by atoms with van der Waals surface area (Å²) in [4.78, 5) is 52.5. The number of furan rings is 1. The summed E-state index contributed by atoms with van der Waals surface area (Å²) >= 11 is 0. The zero-order chi connectivity index (χ0) is 27.7. The molecule has 0 aromatic carbocycles. The molecule has 2 heterocycles. The van der Waals surface area contributed by atoms with Crippen molar-refractivity contribution in [3.05, 3.63) is 36.8 Å². The summed E-state index contributed by atoms with van der Waals surface area (Å²) in [7, 11) is -3.90. The first kappa shape index (κ1) is 28.4. The second-order valence-corrected chi connectivity index (χ2v) is 14.4. The van der Waals surface area contributed by atoms with Crippen LogP contribution in [0.4, 0.5) is 4.79 Å². The Balaban J connectivity index is 1.47. The molecule has 3 aliphatic rings. The number of hydrogen-bond acceptors (Lipinski definition) is 6. The molecule has 3 N–H and O–H groups in total. The quantitative estimate of drug-likeness (QED) is 0.311. The molecule has 210 valence electrons. The fraction of sp³-hybridized carbons (Fsp3) is 0.667. The third-order valence-electron chi connectivity index (χ3n) is 8.00. The van der Waals surface area contributed by atoms with E-state index in [1.165, 1.54) is 17.4 Å². The largest absolute Gasteiger partial charge is 0.472 e. The second-order valence-electron chi connectivity index (χ2n) is 11.9. The van der Waals surface area contributed by atoms with E-state index in [-0.39, 0.29) is 24.1 Å². The molecular weight excluding hydrogens is 509 g/mol. The van der Waals surface area contributed by atoms with Crippen molar-refractivity contribution >= 4 is 25.3 Å². The maximum atomic E-state index is 13.7. The van der Waals surface area contributed by atoms with E-state index in [4.69, 9.17) is 9.15 Å². The normalized spacial score (nSPS) is 27.8. The Morgan fingerprint density at radius 1 is 1.29 bits per heavy atom. The fourth-order valence-corrected chi connectivity index (χ4v) is 8.03. The van der Waals surface area contributed by atoms with Gasteiger partial charge in [-0.05, 0) is 62.0 Å². The first-order chi connectivity index (χ1) is 17.9. The van der Waals surface area contributed by atoms with Gasteiger partial charge in [0.25, 0.3) is 0 Å². The minimum absolute atomic E-state index is 0.138. The predicted molar refractivity (Wildman–Crippen MR) is 141 cm³/mol. The smallest absolute Gasteiger partial charge is 0.408 e. The molecule has 2 unspecified atom stereocenters. The molecule has 0 spiro atoms. The summed E-state index contributed by atoms with van der Waals surface area (Å²) in [5, 5.41) is 4.28. The molecule has 1 saturated heterocycles. The summed E-state index contributed by atoms with van der Waals surface area (Å²) < 4.78 is 24.1. The lowest BCUT2D eigenvalue weighted by Gasteiger charge is -2.36. The van der Waals surface area contributed by atoms with Crippen molar-refractivity contribution in [3.8, 4) is 0 Å². The summed E-state index contributed by atoms with van der Waals surface area (Å²) in [6, 6.07) is -0.0826. The van der Waals surface area contributed by atoms with Crippen LogP contribution in [0.25, 0.3) is 0 Å². The van der Waals surface area contributed by atoms with Crippen molar-refractivity contribution in [3.63, 3.8) is 0 Å². The van der Waals surface area contributed by atoms with Gasteiger partial charge in [-0.2, -0.15) is 0 Å². The number of ether oxygens (including phenoxy) is 1. The van der Waals surface area contributed by atoms with Crippen molar-refractivity contribution in [1.82, 2.24) is 15.5 Å². The number of carbonyl (C=O) groups is 3. The zero-order valence-electron chi connectivity index (χ0n) is 22.5. The maximum Gasteiger partial charge on any atom is 0.408 e. The Morgan fingerprint density at radius 2 is 2.00 bits per heavy atom. The van der Waals surface area contributed by atoms with E-state index < -0.39 is 42.1 Å². The molecule has 10 nitrogen and oxygen atoms in total. The molecule has 2 saturated carbocycles. The van der Waals surface area contributed by atoms with E-state index in [9.17, 15) is 23.8 Å². The highest BCUT2D eigenvalue weighted by molar-refractivity contribution is 7.59. The number of alkyl carbamates (subject to hydrolysis) is 1. The van der Waals surface area contributed by atoms with E-state index in [1.807, 2.05) is 20.8 Å². The Labute approximate surface area is 224 Å². The lowest BCUT2D eigenvalue weighted by atomic mass is 9.85. The summed E-state index contributed by atoms with van der Waals surface area (Å²) in [5.74, 6) is -1.19. The highest BCUT2D eigenvalue weighted by atomic mass is 31.2. The molecular formula is C27H40N3O7P. The maximum absolute atomic E-state index is 13.7. The molecule has 11 heteroatoms. The average Bonchev–Trinajstić information content (AvgIpc) is 3.34. The third kappa shape index (κ3) is 5.86. The highest BCUT2D eigenvalue weighted by Crippen LogP contribution is 2.70. The summed E-state index contributed by atoms with van der Waals surface area (Å²) in [5.41, 5.74) is -0.0627. The predicted octanol–water partition coefficient (Wildman–Crippen LogP) is 4.14. The summed E-state index contributed by atoms with van der Waals surface area (Å²) in [6.07, 6.45) is 8.53. The Morgan fingerprint density at radius 3 is 2.58 bits per heavy atom. The number of rotatable bonds is 9. The van der Waals surface area contributed by atoms with Crippen LogP contribution in [-0.4, -0.2) is 57.7 Å². The molecule has 1 aromatic rings. The van der Waals surface area contributed by atoms with Gasteiger partial charge >= 0.3 is 6.09 Å². The fourth-order valence-electron chi connectivity index (χ4n) is 5.68. The van der Waals surface area contributed by atoms with Crippen LogP contribution in [0, 0.1) is 11.3 Å². The van der Waals surface area contributed by atoms with E-state index >= 15 is 0 Å². The third-order valence-corrected chi connectivity index (χ3v) is 10.7. The number of amides is 3. The van der Waals surface area contributed by atoms with Crippen molar-refractivity contribution in [1.29, 1.82) is 0 Å². The van der Waals surface area contributed by atoms with Crippen molar-refractivity contribution in [2.24, 2.45) is 11.3 Å². The molecule has 4 rings (SSSR count). The Kier molecular flexibility index (Phi) is 8.15. The molecule has 3 amide bonds. The van der Waals surface area contributed by atoms with Gasteiger partial charge in [0.15, 0.2) is 0 Å². The van der Waals surface area contributed by atoms with Crippen LogP contribution in [0.1, 0.15) is 71.3 Å². The second kappa shape index (κ2) is 10.9. The van der Waals surface area contributed by atoms with Gasteiger partial charge < -0.3 is 29.6 Å². The topological polar surface area (TPSA) is 138 Å². The van der Waals surface area contributed by atoms with Crippen LogP contribution in [0.15, 0.2) is 35.7 Å². The number of nitrogens with zero attached hydrogens (tertiary/aromatic N) is 1. The molecule has 2 aliphatic carbocycles. The molecule has 38 heavy (non-hydrogen) atoms. The number of carbonyl (C=O) groups excluding carboxylic acids is 3. The average molecular weight is 550 g/mol. The monoisotopic (exact) mass is 549 g/mol. The number of likely N-dealkylation sites (tertiary alicyclic amines) is 1. The minimum Gasteiger partial charge on any atom is -0.472 e. The molecule has 0 radical (unpaired) electrons. The SMILES string of the molecule is C=C[C@@H]1C[C@]1(NC(=O)[C@@H]1CCCN1C(=O)C(NC(=O)OC1CCCC1)C(C)(C)C)P(=O)(O)Cc1ccoc1. The van der Waals surface area contributed by atoms with Crippen LogP contribution < -0.4 is 10.6 Å². The van der Waals surface area contributed by atoms with Gasteiger partial charge in [0.1, 0.15) is 23.5 Å². The van der Waals surface area contributed by atoms with Crippen LogP contribution in [0.5, 0.6) is 0 Å². The van der Waals surface area contributed by atoms with E-state index in [2.05, 4.69) is 17.2 Å². The Bertz CT molecular complexity index is 1090. The molecule has 3 fully saturated rings. The van der Waals surface area contributed by atoms with Gasteiger partial charge in [0.05, 0.1) is 18.7 Å². The lowest BCUT2D eigenvalue weighted by Crippen LogP contribution is -2.58. The minimum atomic E-state index is -3.90. The van der Waals surface area contributed by atoms with Gasteiger partial charge in [-0.3, -0.25) is 14.2 Å². The first-order valence-electron chi connectivity index (χ1n) is 13.4. The Hall–Kier alpha value is -2.58. The molecule has 0 bridgehead atoms. The van der Waals surface area contributed by atoms with Crippen LogP contribution in [0.2, 0.25) is 0 Å². The van der Waals surface area contributed by atoms with E-state index in [0.717, 1.165) is 25.7 Å². The van der Waals surface area contributed by atoms with Crippen LogP contribution >= 0.6 is 7.37 Å². The highest BCUT2D eigenvalue weighted by Gasteiger charge is 2.65. The van der Waals surface area contributed by atoms with Crippen molar-refractivity contribution in [2.75, 3.05) is 6.54 Å². The molecule has 5 atom stereocenters. The summed E-state index contributed by atoms with van der Waals surface area (Å²) in [6.45, 7) is 9.67. The first-order valence-corrected chi connectivity index (χ1v) is 15.3. The number of hydrogen-bond donors (Lipinski definition) is 3. The van der Waals surface area contributed by atoms with Gasteiger partial charge in [-0.1, -0.05) is 26.8 Å². The zero-order valence-corrected chi connectivity index (χ0v) is 23.4. The van der Waals surface area contributed by atoms with Crippen molar-refractivity contribution < 1.29 is 33.0 Å². The standard InChI is InChI=1S/C27H40N3O7P/c1-5-19-15-27(19,38(34,35)17-18-12-14-36-16-18)29-23(31)21-11-8-13-30(21)24(32)22(26(2,3)4)28-25(33)37-20-9-6-7-10-20/h5,12,14,16,19-22H,1,6-11,13,15,17H2,2-4H3,(H,28,33)(H,29,31)(H,34,35)/t19-,21+,22?,27+/m1/s1. The number of nitrogens with one attached hydrogen (secondary N) is 2. The van der Waals surface area contributed by atoms with Gasteiger partial charge in [-0.15, -0.1) is 6.58 Å². The van der Waals surface area contributed by atoms with Crippen LogP contribution in [0.3, 0.4) is 0 Å². The van der Waals surface area contributed by atoms with Crippen molar-refractivity contribution in [2.45, 2.75) is 95.3 Å². The van der Waals surface area contributed by atoms with E-state index in [1.54, 1.807) is 12.1 Å². The lowest BCUT2D eigenvalue weighted by molar-refractivity contribution is -0.142. The van der Waals surface area contributed by atoms with Gasteiger partial charge in [-0.25, -0.2) is 4.79 Å². The van der Waals surface area contributed by atoms with E-state index in [0.29, 0.717) is 31.4 Å². The van der Waals surface area contributed by atoms with Gasteiger partial charge in [0.2, 0.25) is 19.2 Å².